The number of hydrogen-bond donors (Lipinski definition) is 3. The number of aliphatic hydroxyl groups is 1. The number of benzene rings is 1. The van der Waals surface area contributed by atoms with Gasteiger partial charge in [-0.05, 0) is 23.8 Å². The molecule has 2 rings (SSSR count). The standard InChI is InChI=1S/C13H17BrF2N2O2/c14-11-2-1-9(20)7-10(11)12(13(15,16)8-19)18-5-3-17-4-6-18/h1-2,7,12,17,19-20H,3-6,8H2/t12-/m1/s1. The molecule has 1 heterocycles. The van der Waals surface area contributed by atoms with Crippen LogP contribution in [-0.4, -0.2) is 53.8 Å². The van der Waals surface area contributed by atoms with Gasteiger partial charge in [0.25, 0.3) is 5.92 Å². The minimum Gasteiger partial charge on any atom is -0.508 e. The summed E-state index contributed by atoms with van der Waals surface area (Å²) in [7, 11) is 0. The second kappa shape index (κ2) is 6.34. The van der Waals surface area contributed by atoms with Gasteiger partial charge >= 0.3 is 0 Å². The van der Waals surface area contributed by atoms with Gasteiger partial charge in [0.2, 0.25) is 0 Å². The van der Waals surface area contributed by atoms with E-state index in [1.54, 1.807) is 4.90 Å². The monoisotopic (exact) mass is 350 g/mol. The van der Waals surface area contributed by atoms with Crippen LogP contribution < -0.4 is 5.32 Å². The average molecular weight is 351 g/mol. The van der Waals surface area contributed by atoms with E-state index in [1.165, 1.54) is 18.2 Å². The van der Waals surface area contributed by atoms with Crippen LogP contribution in [0.2, 0.25) is 0 Å². The van der Waals surface area contributed by atoms with E-state index in [0.29, 0.717) is 30.7 Å². The number of nitrogens with zero attached hydrogens (tertiary/aromatic N) is 1. The van der Waals surface area contributed by atoms with Crippen LogP contribution in [0.5, 0.6) is 5.75 Å². The molecule has 0 aliphatic carbocycles. The molecule has 1 aromatic carbocycles. The summed E-state index contributed by atoms with van der Waals surface area (Å²) < 4.78 is 28.9. The van der Waals surface area contributed by atoms with Crippen molar-refractivity contribution in [3.05, 3.63) is 28.2 Å². The van der Waals surface area contributed by atoms with Gasteiger partial charge in [-0.25, -0.2) is 8.78 Å². The second-order valence-electron chi connectivity index (χ2n) is 4.81. The van der Waals surface area contributed by atoms with Gasteiger partial charge in [-0.1, -0.05) is 15.9 Å². The van der Waals surface area contributed by atoms with Gasteiger partial charge in [0.1, 0.15) is 18.4 Å². The molecular formula is C13H17BrF2N2O2. The molecule has 1 atom stereocenters. The lowest BCUT2D eigenvalue weighted by Crippen LogP contribution is -2.51. The van der Waals surface area contributed by atoms with E-state index in [4.69, 9.17) is 5.11 Å². The molecule has 4 nitrogen and oxygen atoms in total. The molecule has 1 saturated heterocycles. The summed E-state index contributed by atoms with van der Waals surface area (Å²) in [5, 5.41) is 21.7. The van der Waals surface area contributed by atoms with Crippen LogP contribution in [0, 0.1) is 0 Å². The largest absolute Gasteiger partial charge is 0.508 e. The molecule has 0 aromatic heterocycles. The van der Waals surface area contributed by atoms with Crippen LogP contribution >= 0.6 is 15.9 Å². The van der Waals surface area contributed by atoms with Gasteiger partial charge in [-0.3, -0.25) is 4.90 Å². The van der Waals surface area contributed by atoms with Gasteiger partial charge < -0.3 is 15.5 Å². The molecule has 0 amide bonds. The maximum absolute atomic E-state index is 14.2. The van der Waals surface area contributed by atoms with Crippen molar-refractivity contribution in [2.45, 2.75) is 12.0 Å². The van der Waals surface area contributed by atoms with Crippen molar-refractivity contribution in [3.8, 4) is 5.75 Å². The van der Waals surface area contributed by atoms with E-state index in [9.17, 15) is 13.9 Å². The number of rotatable bonds is 4. The highest BCUT2D eigenvalue weighted by Gasteiger charge is 2.44. The van der Waals surface area contributed by atoms with Gasteiger partial charge in [-0.15, -0.1) is 0 Å². The maximum atomic E-state index is 14.2. The first-order valence-corrected chi connectivity index (χ1v) is 7.17. The highest BCUT2D eigenvalue weighted by molar-refractivity contribution is 9.10. The Morgan fingerprint density at radius 1 is 1.35 bits per heavy atom. The normalized spacial score (nSPS) is 19.0. The van der Waals surface area contributed by atoms with Crippen LogP contribution in [0.3, 0.4) is 0 Å². The lowest BCUT2D eigenvalue weighted by atomic mass is 9.98. The fourth-order valence-electron chi connectivity index (χ4n) is 2.46. The molecule has 0 spiro atoms. The topological polar surface area (TPSA) is 55.7 Å². The first-order valence-electron chi connectivity index (χ1n) is 6.37. The Hall–Kier alpha value is -0.760. The number of phenols is 1. The number of phenolic OH excluding ortho intramolecular Hbond substituents is 1. The number of halogens is 3. The molecule has 1 fully saturated rings. The van der Waals surface area contributed by atoms with Crippen molar-refractivity contribution >= 4 is 15.9 Å². The number of piperazine rings is 1. The predicted molar refractivity (Wildman–Crippen MR) is 75.0 cm³/mol. The van der Waals surface area contributed by atoms with Gasteiger partial charge in [0.15, 0.2) is 0 Å². The minimum absolute atomic E-state index is 0.0722. The van der Waals surface area contributed by atoms with Crippen molar-refractivity contribution in [2.24, 2.45) is 0 Å². The first-order chi connectivity index (χ1) is 9.45. The summed E-state index contributed by atoms with van der Waals surface area (Å²) >= 11 is 3.25. The summed E-state index contributed by atoms with van der Waals surface area (Å²) in [6.07, 6.45) is 0. The van der Waals surface area contributed by atoms with Crippen molar-refractivity contribution in [1.82, 2.24) is 10.2 Å². The summed E-state index contributed by atoms with van der Waals surface area (Å²) in [6, 6.07) is 3.02. The summed E-state index contributed by atoms with van der Waals surface area (Å²) in [5.41, 5.74) is 0.283. The Morgan fingerprint density at radius 2 is 2.00 bits per heavy atom. The molecular weight excluding hydrogens is 334 g/mol. The lowest BCUT2D eigenvalue weighted by molar-refractivity contribution is -0.118. The Bertz CT molecular complexity index is 468. The quantitative estimate of drug-likeness (QED) is 0.774. The number of aliphatic hydroxyl groups excluding tert-OH is 1. The molecule has 0 unspecified atom stereocenters. The molecule has 0 saturated carbocycles. The maximum Gasteiger partial charge on any atom is 0.289 e. The Balaban J connectivity index is 2.42. The molecule has 1 aromatic rings. The molecule has 112 valence electrons. The SMILES string of the molecule is OCC(F)(F)[C@@H](c1cc(O)ccc1Br)N1CCNCC1. The zero-order chi connectivity index (χ0) is 14.8. The van der Waals surface area contributed by atoms with Crippen LogP contribution in [0.1, 0.15) is 11.6 Å². The molecule has 0 bridgehead atoms. The Kier molecular flexibility index (Phi) is 4.95. The fraction of sp³-hybridized carbons (Fsp3) is 0.538. The first kappa shape index (κ1) is 15.6. The van der Waals surface area contributed by atoms with E-state index in [-0.39, 0.29) is 11.3 Å². The van der Waals surface area contributed by atoms with Crippen molar-refractivity contribution in [1.29, 1.82) is 0 Å². The summed E-state index contributed by atoms with van der Waals surface area (Å²) in [5.74, 6) is -3.36. The number of nitrogens with one attached hydrogen (secondary N) is 1. The highest BCUT2D eigenvalue weighted by atomic mass is 79.9. The molecule has 1 aliphatic heterocycles. The van der Waals surface area contributed by atoms with Crippen molar-refractivity contribution < 1.29 is 19.0 Å². The van der Waals surface area contributed by atoms with Crippen molar-refractivity contribution in [3.63, 3.8) is 0 Å². The Morgan fingerprint density at radius 3 is 2.60 bits per heavy atom. The van der Waals surface area contributed by atoms with Crippen molar-refractivity contribution in [2.75, 3.05) is 32.8 Å². The third kappa shape index (κ3) is 3.28. The summed E-state index contributed by atoms with van der Waals surface area (Å²) in [6.45, 7) is 0.928. The smallest absolute Gasteiger partial charge is 0.289 e. The minimum atomic E-state index is -3.28. The summed E-state index contributed by atoms with van der Waals surface area (Å²) in [4.78, 5) is 1.63. The third-order valence-corrected chi connectivity index (χ3v) is 4.12. The third-order valence-electron chi connectivity index (χ3n) is 3.40. The lowest BCUT2D eigenvalue weighted by Gasteiger charge is -2.39. The van der Waals surface area contributed by atoms with Gasteiger partial charge in [-0.2, -0.15) is 0 Å². The molecule has 1 aliphatic rings. The molecule has 0 radical (unpaired) electrons. The molecule has 3 N–H and O–H groups in total. The number of alkyl halides is 2. The van der Waals surface area contributed by atoms with E-state index in [1.807, 2.05) is 0 Å². The van der Waals surface area contributed by atoms with E-state index in [2.05, 4.69) is 21.2 Å². The highest BCUT2D eigenvalue weighted by Crippen LogP contribution is 2.40. The van der Waals surface area contributed by atoms with Gasteiger partial charge in [0, 0.05) is 30.7 Å². The van der Waals surface area contributed by atoms with Crippen LogP contribution in [0.25, 0.3) is 0 Å². The van der Waals surface area contributed by atoms with Crippen LogP contribution in [0.15, 0.2) is 22.7 Å². The van der Waals surface area contributed by atoms with Crippen LogP contribution in [-0.2, 0) is 0 Å². The fourth-order valence-corrected chi connectivity index (χ4v) is 2.92. The number of aromatic hydroxyl groups is 1. The second-order valence-corrected chi connectivity index (χ2v) is 5.67. The zero-order valence-electron chi connectivity index (χ0n) is 10.8. The zero-order valence-corrected chi connectivity index (χ0v) is 12.4. The van der Waals surface area contributed by atoms with Crippen LogP contribution in [0.4, 0.5) is 8.78 Å². The molecule has 20 heavy (non-hydrogen) atoms. The molecule has 7 heteroatoms. The van der Waals surface area contributed by atoms with E-state index >= 15 is 0 Å². The average Bonchev–Trinajstić information content (AvgIpc) is 2.44. The number of hydrogen-bond acceptors (Lipinski definition) is 4. The Labute approximate surface area is 124 Å². The van der Waals surface area contributed by atoms with E-state index in [0.717, 1.165) is 0 Å². The van der Waals surface area contributed by atoms with E-state index < -0.39 is 18.6 Å². The van der Waals surface area contributed by atoms with Gasteiger partial charge in [0.05, 0.1) is 0 Å². The predicted octanol–water partition coefficient (Wildman–Crippen LogP) is 1.73.